The highest BCUT2D eigenvalue weighted by atomic mass is 19.1. The lowest BCUT2D eigenvalue weighted by atomic mass is 10.1. The van der Waals surface area contributed by atoms with E-state index in [1.165, 1.54) is 0 Å². The molecule has 0 atom stereocenters. The number of aromatic amines is 1. The van der Waals surface area contributed by atoms with Crippen molar-refractivity contribution in [1.82, 2.24) is 4.98 Å². The molecule has 0 bridgehead atoms. The third-order valence-electron chi connectivity index (χ3n) is 2.76. The maximum atomic E-state index is 14.2. The van der Waals surface area contributed by atoms with Crippen molar-refractivity contribution in [3.8, 4) is 0 Å². The Balaban J connectivity index is 2.67. The number of hydrogen-bond acceptors (Lipinski definition) is 2. The third kappa shape index (κ3) is 2.01. The summed E-state index contributed by atoms with van der Waals surface area (Å²) in [5, 5.41) is 0.651. The van der Waals surface area contributed by atoms with Gasteiger partial charge in [0.05, 0.1) is 17.7 Å². The molecule has 0 amide bonds. The smallest absolute Gasteiger partial charge is 0.251 e. The van der Waals surface area contributed by atoms with Crippen molar-refractivity contribution in [3.63, 3.8) is 0 Å². The minimum Gasteiger partial charge on any atom is -0.494 e. The number of H-pyrrole nitrogens is 1. The summed E-state index contributed by atoms with van der Waals surface area (Å²) in [5.74, 6) is -0.249. The molecule has 0 aliphatic carbocycles. The van der Waals surface area contributed by atoms with Crippen LogP contribution in [0.5, 0.6) is 0 Å². The lowest BCUT2D eigenvalue weighted by molar-refractivity contribution is 0.297. The van der Waals surface area contributed by atoms with E-state index in [9.17, 15) is 9.18 Å². The van der Waals surface area contributed by atoms with Crippen molar-refractivity contribution in [2.24, 2.45) is 0 Å². The average molecular weight is 247 g/mol. The van der Waals surface area contributed by atoms with E-state index in [-0.39, 0.29) is 22.4 Å². The summed E-state index contributed by atoms with van der Waals surface area (Å²) in [4.78, 5) is 14.1. The monoisotopic (exact) mass is 247 g/mol. The fraction of sp³-hybridized carbons (Fsp3) is 0.214. The standard InChI is InChI=1S/C14H14FNO2/c1-4-18-9(3)11-6-5-10-7-8(2)14(17)16-13(10)12(11)15/h5-7H,3-4H2,1-2H3,(H,16,17). The van der Waals surface area contributed by atoms with Crippen molar-refractivity contribution in [2.75, 3.05) is 6.61 Å². The van der Waals surface area contributed by atoms with Crippen LogP contribution < -0.4 is 5.56 Å². The lowest BCUT2D eigenvalue weighted by Gasteiger charge is -2.10. The van der Waals surface area contributed by atoms with Crippen LogP contribution in [0.25, 0.3) is 16.7 Å². The first-order chi connectivity index (χ1) is 8.54. The topological polar surface area (TPSA) is 42.1 Å². The van der Waals surface area contributed by atoms with E-state index in [4.69, 9.17) is 4.74 Å². The molecule has 0 aliphatic rings. The van der Waals surface area contributed by atoms with Crippen LogP contribution in [0.15, 0.2) is 29.6 Å². The highest BCUT2D eigenvalue weighted by molar-refractivity contribution is 5.83. The van der Waals surface area contributed by atoms with Gasteiger partial charge in [-0.15, -0.1) is 0 Å². The van der Waals surface area contributed by atoms with Gasteiger partial charge in [-0.05, 0) is 26.0 Å². The summed E-state index contributed by atoms with van der Waals surface area (Å²) in [6.45, 7) is 7.57. The van der Waals surface area contributed by atoms with Gasteiger partial charge in [0, 0.05) is 10.9 Å². The SMILES string of the molecule is C=C(OCC)c1ccc2cc(C)c(=O)[nH]c2c1F. The molecule has 1 aromatic heterocycles. The van der Waals surface area contributed by atoms with Crippen LogP contribution in [0, 0.1) is 12.7 Å². The van der Waals surface area contributed by atoms with E-state index in [2.05, 4.69) is 11.6 Å². The Morgan fingerprint density at radius 3 is 2.89 bits per heavy atom. The summed E-state index contributed by atoms with van der Waals surface area (Å²) < 4.78 is 19.4. The number of ether oxygens (including phenoxy) is 1. The van der Waals surface area contributed by atoms with Crippen LogP contribution >= 0.6 is 0 Å². The van der Waals surface area contributed by atoms with Gasteiger partial charge in [-0.3, -0.25) is 4.79 Å². The number of rotatable bonds is 3. The van der Waals surface area contributed by atoms with Crippen LogP contribution in [0.1, 0.15) is 18.1 Å². The molecule has 0 aliphatic heterocycles. The van der Waals surface area contributed by atoms with E-state index >= 15 is 0 Å². The molecule has 2 aromatic rings. The summed E-state index contributed by atoms with van der Waals surface area (Å²) in [6, 6.07) is 5.00. The molecule has 4 heteroatoms. The van der Waals surface area contributed by atoms with E-state index in [0.29, 0.717) is 17.6 Å². The molecule has 2 rings (SSSR count). The molecule has 1 aromatic carbocycles. The maximum Gasteiger partial charge on any atom is 0.251 e. The van der Waals surface area contributed by atoms with Crippen molar-refractivity contribution in [3.05, 3.63) is 52.1 Å². The highest BCUT2D eigenvalue weighted by Crippen LogP contribution is 2.24. The first-order valence-electron chi connectivity index (χ1n) is 5.68. The Morgan fingerprint density at radius 1 is 1.50 bits per heavy atom. The summed E-state index contributed by atoms with van der Waals surface area (Å²) in [6.07, 6.45) is 0. The second kappa shape index (κ2) is 4.64. The Bertz CT molecular complexity index is 673. The molecule has 1 N–H and O–H groups in total. The van der Waals surface area contributed by atoms with Gasteiger partial charge >= 0.3 is 0 Å². The zero-order valence-electron chi connectivity index (χ0n) is 10.3. The highest BCUT2D eigenvalue weighted by Gasteiger charge is 2.12. The van der Waals surface area contributed by atoms with Crippen LogP contribution in [-0.2, 0) is 4.74 Å². The second-order valence-corrected chi connectivity index (χ2v) is 4.03. The molecule has 0 spiro atoms. The zero-order valence-corrected chi connectivity index (χ0v) is 10.3. The predicted octanol–water partition coefficient (Wildman–Crippen LogP) is 2.98. The second-order valence-electron chi connectivity index (χ2n) is 4.03. The zero-order chi connectivity index (χ0) is 13.3. The van der Waals surface area contributed by atoms with Gasteiger partial charge in [0.25, 0.3) is 5.56 Å². The molecule has 3 nitrogen and oxygen atoms in total. The summed E-state index contributed by atoms with van der Waals surface area (Å²) in [7, 11) is 0. The number of fused-ring (bicyclic) bond motifs is 1. The number of hydrogen-bond donors (Lipinski definition) is 1. The largest absolute Gasteiger partial charge is 0.494 e. The van der Waals surface area contributed by atoms with Gasteiger partial charge in [0.2, 0.25) is 0 Å². The van der Waals surface area contributed by atoms with Gasteiger partial charge in [0.15, 0.2) is 5.82 Å². The molecule has 0 fully saturated rings. The van der Waals surface area contributed by atoms with E-state index in [1.54, 1.807) is 32.0 Å². The van der Waals surface area contributed by atoms with Crippen LogP contribution in [-0.4, -0.2) is 11.6 Å². The number of nitrogens with one attached hydrogen (secondary N) is 1. The van der Waals surface area contributed by atoms with Gasteiger partial charge in [0.1, 0.15) is 5.76 Å². The quantitative estimate of drug-likeness (QED) is 0.847. The van der Waals surface area contributed by atoms with Gasteiger partial charge in [-0.2, -0.15) is 0 Å². The van der Waals surface area contributed by atoms with Gasteiger partial charge in [-0.25, -0.2) is 4.39 Å². The third-order valence-corrected chi connectivity index (χ3v) is 2.76. The van der Waals surface area contributed by atoms with Crippen molar-refractivity contribution < 1.29 is 9.13 Å². The first-order valence-corrected chi connectivity index (χ1v) is 5.68. The van der Waals surface area contributed by atoms with Crippen LogP contribution in [0.4, 0.5) is 4.39 Å². The predicted molar refractivity (Wildman–Crippen MR) is 69.9 cm³/mol. The fourth-order valence-corrected chi connectivity index (χ4v) is 1.82. The first kappa shape index (κ1) is 12.4. The summed E-state index contributed by atoms with van der Waals surface area (Å²) in [5.41, 5.74) is 0.715. The fourth-order valence-electron chi connectivity index (χ4n) is 1.82. The Morgan fingerprint density at radius 2 is 2.22 bits per heavy atom. The molecular formula is C14H14FNO2. The lowest BCUT2D eigenvalue weighted by Crippen LogP contribution is -2.10. The molecule has 0 saturated heterocycles. The number of benzene rings is 1. The van der Waals surface area contributed by atoms with Gasteiger partial charge in [-0.1, -0.05) is 12.6 Å². The number of pyridine rings is 1. The average Bonchev–Trinajstić information content (AvgIpc) is 2.32. The Kier molecular flexibility index (Phi) is 3.19. The Labute approximate surface area is 104 Å². The molecular weight excluding hydrogens is 233 g/mol. The Hall–Kier alpha value is -2.10. The molecule has 0 unspecified atom stereocenters. The number of halogens is 1. The van der Waals surface area contributed by atoms with Crippen molar-refractivity contribution >= 4 is 16.7 Å². The van der Waals surface area contributed by atoms with Crippen molar-refractivity contribution in [1.29, 1.82) is 0 Å². The van der Waals surface area contributed by atoms with Crippen LogP contribution in [0.2, 0.25) is 0 Å². The van der Waals surface area contributed by atoms with E-state index < -0.39 is 5.82 Å². The number of aryl methyl sites for hydroxylation is 1. The molecule has 1 heterocycles. The minimum absolute atomic E-state index is 0.184. The molecule has 0 saturated carbocycles. The normalized spacial score (nSPS) is 10.6. The molecule has 94 valence electrons. The molecule has 0 radical (unpaired) electrons. The number of aromatic nitrogens is 1. The minimum atomic E-state index is -0.511. The van der Waals surface area contributed by atoms with Crippen LogP contribution in [0.3, 0.4) is 0 Å². The van der Waals surface area contributed by atoms with Crippen molar-refractivity contribution in [2.45, 2.75) is 13.8 Å². The van der Waals surface area contributed by atoms with E-state index in [1.807, 2.05) is 0 Å². The van der Waals surface area contributed by atoms with Gasteiger partial charge < -0.3 is 9.72 Å². The maximum absolute atomic E-state index is 14.2. The van der Waals surface area contributed by atoms with E-state index in [0.717, 1.165) is 0 Å². The molecule has 18 heavy (non-hydrogen) atoms. The summed E-state index contributed by atoms with van der Waals surface area (Å²) >= 11 is 0.